The third-order valence-electron chi connectivity index (χ3n) is 3.68. The Kier molecular flexibility index (Phi) is 9.47. The molecule has 0 bridgehead atoms. The Hall–Kier alpha value is -2.92. The number of nitrogens with zero attached hydrogens (tertiary/aromatic N) is 1. The second-order valence-corrected chi connectivity index (χ2v) is 6.77. The number of nitrogens with one attached hydrogen (secondary N) is 1. The standard InChI is InChI=1S/C19H18Cl2N2O8/c20-12-1-4-17(31-8-7-29-5-6-30-11-18(24)25)14(9-12)19(26)22-16-3-2-13(23(27)28)10-15(16)21/h1-4,9-10H,5-8,11H2,(H,22,26)(H,24,25). The highest BCUT2D eigenvalue weighted by atomic mass is 35.5. The van der Waals surface area contributed by atoms with E-state index in [0.29, 0.717) is 5.02 Å². The number of anilines is 1. The summed E-state index contributed by atoms with van der Waals surface area (Å²) in [7, 11) is 0. The minimum atomic E-state index is -1.06. The molecule has 0 aliphatic rings. The Morgan fingerprint density at radius 3 is 2.42 bits per heavy atom. The largest absolute Gasteiger partial charge is 0.490 e. The van der Waals surface area contributed by atoms with E-state index in [2.05, 4.69) is 5.32 Å². The summed E-state index contributed by atoms with van der Waals surface area (Å²) < 4.78 is 15.7. The molecule has 0 unspecified atom stereocenters. The number of nitro benzene ring substituents is 1. The number of ether oxygens (including phenoxy) is 3. The van der Waals surface area contributed by atoms with Crippen molar-refractivity contribution in [3.05, 3.63) is 62.1 Å². The average Bonchev–Trinajstić information content (AvgIpc) is 2.71. The number of carboxylic acids is 1. The van der Waals surface area contributed by atoms with Gasteiger partial charge in [0.25, 0.3) is 11.6 Å². The Bertz CT molecular complexity index is 955. The molecule has 0 saturated carbocycles. The number of hydrogen-bond acceptors (Lipinski definition) is 7. The highest BCUT2D eigenvalue weighted by molar-refractivity contribution is 6.34. The van der Waals surface area contributed by atoms with Crippen LogP contribution in [0, 0.1) is 10.1 Å². The van der Waals surface area contributed by atoms with Crippen molar-refractivity contribution in [2.45, 2.75) is 0 Å². The predicted octanol–water partition coefficient (Wildman–Crippen LogP) is 3.65. The van der Waals surface area contributed by atoms with Gasteiger partial charge in [0.1, 0.15) is 19.0 Å². The number of carbonyl (C=O) groups excluding carboxylic acids is 1. The van der Waals surface area contributed by atoms with E-state index in [9.17, 15) is 19.7 Å². The first-order valence-corrected chi connectivity index (χ1v) is 9.58. The van der Waals surface area contributed by atoms with Crippen LogP contribution in [-0.4, -0.2) is 54.9 Å². The quantitative estimate of drug-likeness (QED) is 0.271. The zero-order chi connectivity index (χ0) is 22.8. The van der Waals surface area contributed by atoms with Crippen LogP contribution in [0.25, 0.3) is 0 Å². The number of benzene rings is 2. The van der Waals surface area contributed by atoms with Crippen LogP contribution in [0.5, 0.6) is 5.75 Å². The van der Waals surface area contributed by atoms with E-state index < -0.39 is 23.4 Å². The van der Waals surface area contributed by atoms with Crippen molar-refractivity contribution >= 4 is 46.5 Å². The molecule has 12 heteroatoms. The monoisotopic (exact) mass is 472 g/mol. The topological polar surface area (TPSA) is 137 Å². The normalized spacial score (nSPS) is 10.5. The Labute approximate surface area is 186 Å². The van der Waals surface area contributed by atoms with E-state index in [-0.39, 0.29) is 54.1 Å². The van der Waals surface area contributed by atoms with Gasteiger partial charge in [-0.2, -0.15) is 0 Å². The first-order chi connectivity index (χ1) is 14.8. The molecule has 0 spiro atoms. The van der Waals surface area contributed by atoms with Crippen molar-refractivity contribution in [1.29, 1.82) is 0 Å². The number of hydrogen-bond donors (Lipinski definition) is 2. The number of carboxylic acid groups (broad SMARTS) is 1. The predicted molar refractivity (Wildman–Crippen MR) is 112 cm³/mol. The maximum Gasteiger partial charge on any atom is 0.329 e. The second kappa shape index (κ2) is 12.1. The highest BCUT2D eigenvalue weighted by Crippen LogP contribution is 2.29. The van der Waals surface area contributed by atoms with Crippen molar-refractivity contribution in [2.75, 3.05) is 38.4 Å². The molecule has 0 radical (unpaired) electrons. The molecular weight excluding hydrogens is 455 g/mol. The molecule has 1 amide bonds. The summed E-state index contributed by atoms with van der Waals surface area (Å²) in [6.45, 7) is 0.190. The molecule has 0 fully saturated rings. The molecule has 0 heterocycles. The van der Waals surface area contributed by atoms with Gasteiger partial charge in [0, 0.05) is 17.2 Å². The number of carbonyl (C=O) groups is 2. The molecule has 2 rings (SSSR count). The molecule has 31 heavy (non-hydrogen) atoms. The van der Waals surface area contributed by atoms with Crippen molar-refractivity contribution in [3.63, 3.8) is 0 Å². The fraction of sp³-hybridized carbons (Fsp3) is 0.263. The molecule has 10 nitrogen and oxygen atoms in total. The lowest BCUT2D eigenvalue weighted by molar-refractivity contribution is -0.384. The van der Waals surface area contributed by atoms with Gasteiger partial charge in [0.2, 0.25) is 0 Å². The summed E-state index contributed by atoms with van der Waals surface area (Å²) in [5.74, 6) is -1.39. The molecule has 2 aromatic rings. The van der Waals surface area contributed by atoms with Crippen LogP contribution in [0.2, 0.25) is 10.0 Å². The summed E-state index contributed by atoms with van der Waals surface area (Å²) in [5, 5.41) is 22.1. The summed E-state index contributed by atoms with van der Waals surface area (Å²) >= 11 is 12.0. The van der Waals surface area contributed by atoms with Gasteiger partial charge in [0.15, 0.2) is 0 Å². The van der Waals surface area contributed by atoms with Crippen LogP contribution in [0.15, 0.2) is 36.4 Å². The molecule has 0 aliphatic carbocycles. The first kappa shape index (κ1) is 24.4. The lowest BCUT2D eigenvalue weighted by atomic mass is 10.1. The van der Waals surface area contributed by atoms with Crippen molar-refractivity contribution in [1.82, 2.24) is 0 Å². The lowest BCUT2D eigenvalue weighted by Crippen LogP contribution is -2.16. The van der Waals surface area contributed by atoms with E-state index in [1.165, 1.54) is 24.3 Å². The van der Waals surface area contributed by atoms with Gasteiger partial charge < -0.3 is 24.6 Å². The number of aliphatic carboxylic acids is 1. The fourth-order valence-electron chi connectivity index (χ4n) is 2.30. The SMILES string of the molecule is O=C(O)COCCOCCOc1ccc(Cl)cc1C(=O)Nc1ccc([N+](=O)[O-])cc1Cl. The van der Waals surface area contributed by atoms with Crippen molar-refractivity contribution < 1.29 is 33.8 Å². The van der Waals surface area contributed by atoms with Crippen LogP contribution in [0.1, 0.15) is 10.4 Å². The Morgan fingerprint density at radius 2 is 1.74 bits per heavy atom. The minimum Gasteiger partial charge on any atom is -0.490 e. The maximum absolute atomic E-state index is 12.7. The number of rotatable bonds is 12. The zero-order valence-electron chi connectivity index (χ0n) is 16.0. The maximum atomic E-state index is 12.7. The number of amides is 1. The molecule has 0 aliphatic heterocycles. The highest BCUT2D eigenvalue weighted by Gasteiger charge is 2.17. The second-order valence-electron chi connectivity index (χ2n) is 5.92. The third-order valence-corrected chi connectivity index (χ3v) is 4.23. The van der Waals surface area contributed by atoms with Gasteiger partial charge in [-0.1, -0.05) is 23.2 Å². The van der Waals surface area contributed by atoms with E-state index in [1.54, 1.807) is 6.07 Å². The molecule has 0 saturated heterocycles. The first-order valence-electron chi connectivity index (χ1n) is 8.83. The van der Waals surface area contributed by atoms with Crippen molar-refractivity contribution in [3.8, 4) is 5.75 Å². The minimum absolute atomic E-state index is 0.00515. The summed E-state index contributed by atoms with van der Waals surface area (Å²) in [6.07, 6.45) is 0. The molecule has 2 aromatic carbocycles. The molecule has 166 valence electrons. The van der Waals surface area contributed by atoms with Gasteiger partial charge in [-0.3, -0.25) is 14.9 Å². The van der Waals surface area contributed by atoms with Crippen LogP contribution in [-0.2, 0) is 14.3 Å². The smallest absolute Gasteiger partial charge is 0.329 e. The number of nitro groups is 1. The third kappa shape index (κ3) is 8.02. The van der Waals surface area contributed by atoms with Crippen LogP contribution in [0.3, 0.4) is 0 Å². The lowest BCUT2D eigenvalue weighted by Gasteiger charge is -2.13. The van der Waals surface area contributed by atoms with Gasteiger partial charge in [0.05, 0.1) is 41.0 Å². The number of non-ortho nitro benzene ring substituents is 1. The molecule has 2 N–H and O–H groups in total. The summed E-state index contributed by atoms with van der Waals surface area (Å²) in [6, 6.07) is 8.14. The van der Waals surface area contributed by atoms with Crippen LogP contribution in [0.4, 0.5) is 11.4 Å². The van der Waals surface area contributed by atoms with E-state index in [1.807, 2.05) is 0 Å². The van der Waals surface area contributed by atoms with Gasteiger partial charge in [-0.25, -0.2) is 4.79 Å². The molecule has 0 atom stereocenters. The van der Waals surface area contributed by atoms with Crippen LogP contribution >= 0.6 is 23.2 Å². The van der Waals surface area contributed by atoms with Crippen molar-refractivity contribution in [2.24, 2.45) is 0 Å². The van der Waals surface area contributed by atoms with Gasteiger partial charge in [-0.05, 0) is 24.3 Å². The fourth-order valence-corrected chi connectivity index (χ4v) is 2.70. The van der Waals surface area contributed by atoms with E-state index in [4.69, 9.17) is 42.5 Å². The summed E-state index contributed by atoms with van der Waals surface area (Å²) in [5.41, 5.74) is 0.114. The average molecular weight is 473 g/mol. The zero-order valence-corrected chi connectivity index (χ0v) is 17.5. The molecular formula is C19H18Cl2N2O8. The number of halogens is 2. The van der Waals surface area contributed by atoms with Crippen LogP contribution < -0.4 is 10.1 Å². The van der Waals surface area contributed by atoms with Gasteiger partial charge >= 0.3 is 5.97 Å². The Balaban J connectivity index is 1.94. The molecule has 0 aromatic heterocycles. The van der Waals surface area contributed by atoms with Gasteiger partial charge in [-0.15, -0.1) is 0 Å². The Morgan fingerprint density at radius 1 is 1.03 bits per heavy atom. The van der Waals surface area contributed by atoms with E-state index >= 15 is 0 Å². The summed E-state index contributed by atoms with van der Waals surface area (Å²) in [4.78, 5) is 33.2. The van der Waals surface area contributed by atoms with E-state index in [0.717, 1.165) is 6.07 Å².